The van der Waals surface area contributed by atoms with Crippen molar-refractivity contribution in [3.63, 3.8) is 0 Å². The van der Waals surface area contributed by atoms with Gasteiger partial charge in [-0.15, -0.1) is 10.2 Å². The van der Waals surface area contributed by atoms with Gasteiger partial charge in [-0.05, 0) is 74.4 Å². The molecule has 0 saturated heterocycles. The molecule has 198 valence electrons. The van der Waals surface area contributed by atoms with Crippen LogP contribution in [0.25, 0.3) is 11.6 Å². The first kappa shape index (κ1) is 27.0. The lowest BCUT2D eigenvalue weighted by atomic mass is 10.0. The number of benzene rings is 2. The Kier molecular flexibility index (Phi) is 7.91. The molecule has 1 atom stereocenters. The number of rotatable bonds is 8. The molecule has 0 fully saturated rings. The van der Waals surface area contributed by atoms with E-state index in [9.17, 15) is 14.0 Å². The zero-order valence-electron chi connectivity index (χ0n) is 21.5. The summed E-state index contributed by atoms with van der Waals surface area (Å²) in [5, 5.41) is 15.6. The maximum atomic E-state index is 13.8. The highest BCUT2D eigenvalue weighted by Crippen LogP contribution is 2.28. The van der Waals surface area contributed by atoms with E-state index in [2.05, 4.69) is 20.7 Å². The van der Waals surface area contributed by atoms with Crippen LogP contribution in [0.2, 0.25) is 5.02 Å². The van der Waals surface area contributed by atoms with Crippen LogP contribution in [0.1, 0.15) is 43.7 Å². The average molecular weight is 539 g/mol. The molecule has 4 aromatic rings. The summed E-state index contributed by atoms with van der Waals surface area (Å²) in [6.07, 6.45) is 0. The zero-order chi connectivity index (χ0) is 27.4. The van der Waals surface area contributed by atoms with E-state index in [-0.39, 0.29) is 18.9 Å². The van der Waals surface area contributed by atoms with Crippen molar-refractivity contribution in [2.45, 2.75) is 52.4 Å². The molecule has 0 unspecified atom stereocenters. The van der Waals surface area contributed by atoms with Crippen molar-refractivity contribution >= 4 is 23.4 Å². The van der Waals surface area contributed by atoms with Gasteiger partial charge in [0.15, 0.2) is 5.76 Å². The Morgan fingerprint density at radius 2 is 1.82 bits per heavy atom. The van der Waals surface area contributed by atoms with Gasteiger partial charge in [0.05, 0.1) is 0 Å². The van der Waals surface area contributed by atoms with Crippen molar-refractivity contribution in [2.75, 3.05) is 0 Å². The first-order valence-electron chi connectivity index (χ1n) is 11.9. The summed E-state index contributed by atoms with van der Waals surface area (Å²) in [4.78, 5) is 29.9. The quantitative estimate of drug-likeness (QED) is 0.348. The Balaban J connectivity index is 1.72. The third-order valence-electron chi connectivity index (χ3n) is 5.55. The van der Waals surface area contributed by atoms with Gasteiger partial charge >= 0.3 is 0 Å². The van der Waals surface area contributed by atoms with E-state index in [1.54, 1.807) is 43.3 Å². The standard InChI is InChI=1S/C27H28ClFN6O3/c1-17-9-14-22(38-17)25-31-33-35(32-25)16-23(36)34(15-19-7-5-6-8-21(19)28)24(26(37)30-27(2,3)4)18-10-12-20(29)13-11-18/h5-14,24H,15-16H2,1-4H3,(H,30,37)/t24-/m1/s1. The maximum Gasteiger partial charge on any atom is 0.247 e. The van der Waals surface area contributed by atoms with Crippen molar-refractivity contribution in [2.24, 2.45) is 0 Å². The second-order valence-electron chi connectivity index (χ2n) is 9.86. The van der Waals surface area contributed by atoms with Crippen LogP contribution in [-0.4, -0.2) is 42.5 Å². The van der Waals surface area contributed by atoms with Crippen molar-refractivity contribution in [1.29, 1.82) is 0 Å². The molecular formula is C27H28ClFN6O3. The monoisotopic (exact) mass is 538 g/mol. The lowest BCUT2D eigenvalue weighted by molar-refractivity contribution is -0.143. The lowest BCUT2D eigenvalue weighted by Gasteiger charge is -2.34. The molecule has 0 aliphatic carbocycles. The number of nitrogens with one attached hydrogen (secondary N) is 1. The van der Waals surface area contributed by atoms with Gasteiger partial charge < -0.3 is 14.6 Å². The molecule has 9 nitrogen and oxygen atoms in total. The molecule has 2 heterocycles. The second-order valence-corrected chi connectivity index (χ2v) is 10.3. The van der Waals surface area contributed by atoms with E-state index >= 15 is 0 Å². The molecule has 4 rings (SSSR count). The highest BCUT2D eigenvalue weighted by Gasteiger charge is 2.34. The minimum absolute atomic E-state index is 0.0110. The number of furan rings is 1. The van der Waals surface area contributed by atoms with Gasteiger partial charge in [0.25, 0.3) is 0 Å². The lowest BCUT2D eigenvalue weighted by Crippen LogP contribution is -2.49. The molecule has 0 spiro atoms. The van der Waals surface area contributed by atoms with Crippen molar-refractivity contribution < 1.29 is 18.4 Å². The molecule has 0 bridgehead atoms. The predicted molar refractivity (Wildman–Crippen MR) is 139 cm³/mol. The molecule has 1 N–H and O–H groups in total. The molecule has 2 aromatic carbocycles. The number of aromatic nitrogens is 4. The largest absolute Gasteiger partial charge is 0.458 e. The van der Waals surface area contributed by atoms with Crippen LogP contribution in [0.5, 0.6) is 0 Å². The van der Waals surface area contributed by atoms with Crippen molar-refractivity contribution in [3.8, 4) is 11.6 Å². The first-order chi connectivity index (χ1) is 18.0. The second kappa shape index (κ2) is 11.1. The smallest absolute Gasteiger partial charge is 0.247 e. The molecule has 0 saturated carbocycles. The molecular weight excluding hydrogens is 511 g/mol. The highest BCUT2D eigenvalue weighted by molar-refractivity contribution is 6.31. The van der Waals surface area contributed by atoms with E-state index in [1.165, 1.54) is 29.2 Å². The number of amides is 2. The third kappa shape index (κ3) is 6.63. The van der Waals surface area contributed by atoms with Gasteiger partial charge in [-0.1, -0.05) is 41.9 Å². The fourth-order valence-electron chi connectivity index (χ4n) is 3.86. The first-order valence-corrected chi connectivity index (χ1v) is 12.3. The molecule has 0 aliphatic rings. The number of carbonyl (C=O) groups is 2. The van der Waals surface area contributed by atoms with Gasteiger partial charge in [-0.25, -0.2) is 4.39 Å². The van der Waals surface area contributed by atoms with Crippen LogP contribution >= 0.6 is 11.6 Å². The Morgan fingerprint density at radius 1 is 1.11 bits per heavy atom. The summed E-state index contributed by atoms with van der Waals surface area (Å²) in [6.45, 7) is 7.01. The van der Waals surface area contributed by atoms with Crippen LogP contribution in [0, 0.1) is 12.7 Å². The molecule has 0 aliphatic heterocycles. The van der Waals surface area contributed by atoms with Gasteiger partial charge in [0.2, 0.25) is 17.6 Å². The van der Waals surface area contributed by atoms with E-state index < -0.39 is 29.2 Å². The number of tetrazole rings is 1. The molecule has 2 aromatic heterocycles. The van der Waals surface area contributed by atoms with E-state index in [0.29, 0.717) is 27.7 Å². The summed E-state index contributed by atoms with van der Waals surface area (Å²) >= 11 is 6.43. The third-order valence-corrected chi connectivity index (χ3v) is 5.92. The topological polar surface area (TPSA) is 106 Å². The van der Waals surface area contributed by atoms with Crippen LogP contribution in [0.3, 0.4) is 0 Å². The molecule has 38 heavy (non-hydrogen) atoms. The normalized spacial score (nSPS) is 12.3. The van der Waals surface area contributed by atoms with Gasteiger partial charge in [-0.2, -0.15) is 4.80 Å². The SMILES string of the molecule is Cc1ccc(-c2nnn(CC(=O)N(Cc3ccccc3Cl)[C@@H](C(=O)NC(C)(C)C)c3ccc(F)cc3)n2)o1. The predicted octanol–water partition coefficient (Wildman–Crippen LogP) is 4.72. The number of nitrogens with zero attached hydrogens (tertiary/aromatic N) is 5. The summed E-state index contributed by atoms with van der Waals surface area (Å²) in [6, 6.07) is 14.9. The Morgan fingerprint density at radius 3 is 2.45 bits per heavy atom. The van der Waals surface area contributed by atoms with Crippen LogP contribution < -0.4 is 5.32 Å². The number of hydrogen-bond donors (Lipinski definition) is 1. The Hall–Kier alpha value is -4.05. The molecule has 11 heteroatoms. The van der Waals surface area contributed by atoms with Gasteiger partial charge in [0, 0.05) is 17.1 Å². The number of aryl methyl sites for hydroxylation is 1. The van der Waals surface area contributed by atoms with E-state index in [4.69, 9.17) is 16.0 Å². The van der Waals surface area contributed by atoms with E-state index in [0.717, 1.165) is 4.80 Å². The van der Waals surface area contributed by atoms with Crippen LogP contribution in [0.4, 0.5) is 4.39 Å². The zero-order valence-corrected chi connectivity index (χ0v) is 22.2. The maximum absolute atomic E-state index is 13.8. The fraction of sp³-hybridized carbons (Fsp3) is 0.296. The number of hydrogen-bond acceptors (Lipinski definition) is 6. The highest BCUT2D eigenvalue weighted by atomic mass is 35.5. The van der Waals surface area contributed by atoms with Crippen molar-refractivity contribution in [1.82, 2.24) is 30.4 Å². The van der Waals surface area contributed by atoms with Crippen LogP contribution in [-0.2, 0) is 22.7 Å². The minimum Gasteiger partial charge on any atom is -0.458 e. The number of halogens is 2. The summed E-state index contributed by atoms with van der Waals surface area (Å²) in [7, 11) is 0. The summed E-state index contributed by atoms with van der Waals surface area (Å²) < 4.78 is 19.3. The Bertz CT molecular complexity index is 1430. The Labute approximate surface area is 224 Å². The fourth-order valence-corrected chi connectivity index (χ4v) is 4.06. The van der Waals surface area contributed by atoms with Crippen LogP contribution in [0.15, 0.2) is 65.1 Å². The molecule has 2 amide bonds. The van der Waals surface area contributed by atoms with Gasteiger partial charge in [0.1, 0.15) is 24.2 Å². The summed E-state index contributed by atoms with van der Waals surface area (Å²) in [5.41, 5.74) is 0.487. The molecule has 0 radical (unpaired) electrons. The van der Waals surface area contributed by atoms with Crippen molar-refractivity contribution in [3.05, 3.63) is 88.4 Å². The average Bonchev–Trinajstić information content (AvgIpc) is 3.48. The minimum atomic E-state index is -1.09. The van der Waals surface area contributed by atoms with E-state index in [1.807, 2.05) is 20.8 Å². The number of carbonyl (C=O) groups excluding carboxylic acids is 2. The van der Waals surface area contributed by atoms with Gasteiger partial charge in [-0.3, -0.25) is 9.59 Å². The summed E-state index contributed by atoms with van der Waals surface area (Å²) in [5.74, 6) is -0.0248.